The number of nitrogens with one attached hydrogen (secondary N) is 1. The molecule has 118 valence electrons. The highest BCUT2D eigenvalue weighted by Crippen LogP contribution is 2.35. The van der Waals surface area contributed by atoms with Crippen LogP contribution in [0.3, 0.4) is 0 Å². The third kappa shape index (κ3) is 3.02. The van der Waals surface area contributed by atoms with Crippen LogP contribution in [0.2, 0.25) is 10.0 Å². The summed E-state index contributed by atoms with van der Waals surface area (Å²) in [5, 5.41) is 12.1. The Labute approximate surface area is 141 Å². The molecule has 0 amide bonds. The van der Waals surface area contributed by atoms with Crippen LogP contribution in [0.1, 0.15) is 17.0 Å². The second-order valence-electron chi connectivity index (χ2n) is 5.15. The fraction of sp³-hybridized carbons (Fsp3) is 0.125. The quantitative estimate of drug-likeness (QED) is 0.529. The number of nitro groups is 1. The molecule has 3 aromatic rings. The largest absolute Gasteiger partial charge is 0.361 e. The molecule has 7 heteroatoms. The molecule has 0 aliphatic carbocycles. The number of hydrogen-bond donors (Lipinski definition) is 1. The third-order valence-electron chi connectivity index (χ3n) is 3.74. The van der Waals surface area contributed by atoms with E-state index in [0.717, 1.165) is 0 Å². The Bertz CT molecular complexity index is 895. The van der Waals surface area contributed by atoms with Crippen molar-refractivity contribution < 1.29 is 9.31 Å². The van der Waals surface area contributed by atoms with Gasteiger partial charge in [-0.3, -0.25) is 10.1 Å². The molecule has 0 radical (unpaired) electrons. The zero-order valence-electron chi connectivity index (χ0n) is 11.7. The standard InChI is InChI=1S/C16H11Cl2FN2O2/c17-12-5-4-9(6-13(12)18)11(8-21(22)23)10-7-20-15-3-1-2-14(19)16(10)15/h1-7,11,20H,8H2. The Morgan fingerprint density at radius 2 is 2.00 bits per heavy atom. The van der Waals surface area contributed by atoms with Crippen LogP contribution in [-0.4, -0.2) is 16.5 Å². The molecule has 1 heterocycles. The highest BCUT2D eigenvalue weighted by atomic mass is 35.5. The van der Waals surface area contributed by atoms with Gasteiger partial charge in [-0.25, -0.2) is 4.39 Å². The predicted molar refractivity (Wildman–Crippen MR) is 88.4 cm³/mol. The van der Waals surface area contributed by atoms with Crippen LogP contribution in [0.25, 0.3) is 10.9 Å². The summed E-state index contributed by atoms with van der Waals surface area (Å²) < 4.78 is 14.2. The maximum absolute atomic E-state index is 14.2. The van der Waals surface area contributed by atoms with Gasteiger partial charge in [0.2, 0.25) is 6.54 Å². The van der Waals surface area contributed by atoms with Gasteiger partial charge in [-0.15, -0.1) is 0 Å². The molecule has 0 aliphatic heterocycles. The van der Waals surface area contributed by atoms with Crippen LogP contribution >= 0.6 is 23.2 Å². The van der Waals surface area contributed by atoms with E-state index in [4.69, 9.17) is 23.2 Å². The average molecular weight is 353 g/mol. The fourth-order valence-corrected chi connectivity index (χ4v) is 3.01. The van der Waals surface area contributed by atoms with Gasteiger partial charge < -0.3 is 4.98 Å². The topological polar surface area (TPSA) is 58.9 Å². The van der Waals surface area contributed by atoms with E-state index in [0.29, 0.717) is 32.1 Å². The molecule has 0 aliphatic rings. The summed E-state index contributed by atoms with van der Waals surface area (Å²) in [7, 11) is 0. The molecule has 3 rings (SSSR count). The molecular weight excluding hydrogens is 342 g/mol. The molecule has 1 atom stereocenters. The van der Waals surface area contributed by atoms with E-state index in [1.165, 1.54) is 6.07 Å². The Balaban J connectivity index is 2.18. The van der Waals surface area contributed by atoms with Crippen molar-refractivity contribution in [1.29, 1.82) is 0 Å². The van der Waals surface area contributed by atoms with E-state index >= 15 is 0 Å². The lowest BCUT2D eigenvalue weighted by atomic mass is 9.91. The van der Waals surface area contributed by atoms with Crippen molar-refractivity contribution in [2.75, 3.05) is 6.54 Å². The first-order chi connectivity index (χ1) is 11.0. The lowest BCUT2D eigenvalue weighted by molar-refractivity contribution is -0.481. The Kier molecular flexibility index (Phi) is 4.24. The van der Waals surface area contributed by atoms with Gasteiger partial charge in [0.25, 0.3) is 0 Å². The highest BCUT2D eigenvalue weighted by Gasteiger charge is 2.25. The Hall–Kier alpha value is -2.11. The molecule has 0 saturated heterocycles. The summed E-state index contributed by atoms with van der Waals surface area (Å²) in [5.74, 6) is -1.06. The number of nitrogens with zero attached hydrogens (tertiary/aromatic N) is 1. The maximum atomic E-state index is 14.2. The van der Waals surface area contributed by atoms with Gasteiger partial charge in [0.15, 0.2) is 0 Å². The van der Waals surface area contributed by atoms with E-state index in [1.807, 2.05) is 0 Å². The monoisotopic (exact) mass is 352 g/mol. The molecule has 23 heavy (non-hydrogen) atoms. The first-order valence-corrected chi connectivity index (χ1v) is 7.55. The number of hydrogen-bond acceptors (Lipinski definition) is 2. The van der Waals surface area contributed by atoms with Crippen LogP contribution in [0.15, 0.2) is 42.6 Å². The number of aromatic nitrogens is 1. The molecule has 4 nitrogen and oxygen atoms in total. The first-order valence-electron chi connectivity index (χ1n) is 6.79. The van der Waals surface area contributed by atoms with Gasteiger partial charge in [-0.05, 0) is 35.4 Å². The minimum atomic E-state index is -0.634. The molecule has 0 bridgehead atoms. The lowest BCUT2D eigenvalue weighted by Crippen LogP contribution is -2.14. The summed E-state index contributed by atoms with van der Waals surface area (Å²) in [5.41, 5.74) is 1.72. The number of rotatable bonds is 4. The Morgan fingerprint density at radius 3 is 2.70 bits per heavy atom. The van der Waals surface area contributed by atoms with Crippen LogP contribution in [-0.2, 0) is 0 Å². The van der Waals surface area contributed by atoms with E-state index in [9.17, 15) is 14.5 Å². The molecule has 0 spiro atoms. The zero-order chi connectivity index (χ0) is 16.6. The molecule has 0 saturated carbocycles. The SMILES string of the molecule is O=[N+]([O-])CC(c1ccc(Cl)c(Cl)c1)c1c[nH]c2cccc(F)c12. The molecule has 1 unspecified atom stereocenters. The summed E-state index contributed by atoms with van der Waals surface area (Å²) in [4.78, 5) is 13.6. The summed E-state index contributed by atoms with van der Waals surface area (Å²) >= 11 is 11.9. The van der Waals surface area contributed by atoms with Crippen molar-refractivity contribution in [3.63, 3.8) is 0 Å². The molecular formula is C16H11Cl2FN2O2. The van der Waals surface area contributed by atoms with Gasteiger partial charge in [-0.1, -0.05) is 35.3 Å². The van der Waals surface area contributed by atoms with Crippen molar-refractivity contribution >= 4 is 34.1 Å². The molecule has 1 N–H and O–H groups in total. The van der Waals surface area contributed by atoms with Crippen molar-refractivity contribution in [1.82, 2.24) is 4.98 Å². The summed E-state index contributed by atoms with van der Waals surface area (Å²) in [6.07, 6.45) is 1.60. The highest BCUT2D eigenvalue weighted by molar-refractivity contribution is 6.42. The summed E-state index contributed by atoms with van der Waals surface area (Å²) in [6, 6.07) is 9.47. The lowest BCUT2D eigenvalue weighted by Gasteiger charge is -2.14. The number of benzene rings is 2. The third-order valence-corrected chi connectivity index (χ3v) is 4.48. The average Bonchev–Trinajstić information content (AvgIpc) is 2.93. The van der Waals surface area contributed by atoms with Crippen LogP contribution in [0, 0.1) is 15.9 Å². The van der Waals surface area contributed by atoms with Gasteiger partial charge in [0.1, 0.15) is 5.82 Å². The van der Waals surface area contributed by atoms with Gasteiger partial charge in [0.05, 0.1) is 16.0 Å². The van der Waals surface area contributed by atoms with Crippen LogP contribution in [0.4, 0.5) is 4.39 Å². The van der Waals surface area contributed by atoms with Crippen molar-refractivity contribution in [2.24, 2.45) is 0 Å². The van der Waals surface area contributed by atoms with E-state index in [1.54, 1.807) is 36.5 Å². The van der Waals surface area contributed by atoms with Gasteiger partial charge >= 0.3 is 0 Å². The van der Waals surface area contributed by atoms with E-state index in [2.05, 4.69) is 4.98 Å². The van der Waals surface area contributed by atoms with Crippen molar-refractivity contribution in [3.8, 4) is 0 Å². The second kappa shape index (κ2) is 6.18. The summed E-state index contributed by atoms with van der Waals surface area (Å²) in [6.45, 7) is -0.376. The normalized spacial score (nSPS) is 12.5. The fourth-order valence-electron chi connectivity index (χ4n) is 2.70. The number of fused-ring (bicyclic) bond motifs is 1. The van der Waals surface area contributed by atoms with Crippen molar-refractivity contribution in [3.05, 3.63) is 79.7 Å². The van der Waals surface area contributed by atoms with Gasteiger partial charge in [0, 0.05) is 22.0 Å². The predicted octanol–water partition coefficient (Wildman–Crippen LogP) is 5.02. The molecule has 0 fully saturated rings. The number of H-pyrrole nitrogens is 1. The Morgan fingerprint density at radius 1 is 1.22 bits per heavy atom. The van der Waals surface area contributed by atoms with E-state index < -0.39 is 16.7 Å². The zero-order valence-corrected chi connectivity index (χ0v) is 13.2. The maximum Gasteiger partial charge on any atom is 0.214 e. The first kappa shape index (κ1) is 15.8. The van der Waals surface area contributed by atoms with Crippen LogP contribution in [0.5, 0.6) is 0 Å². The second-order valence-corrected chi connectivity index (χ2v) is 5.96. The smallest absolute Gasteiger partial charge is 0.214 e. The molecule has 1 aromatic heterocycles. The van der Waals surface area contributed by atoms with E-state index in [-0.39, 0.29) is 6.54 Å². The minimum absolute atomic E-state index is 0.304. The number of aromatic amines is 1. The van der Waals surface area contributed by atoms with Gasteiger partial charge in [-0.2, -0.15) is 0 Å². The number of halogens is 3. The minimum Gasteiger partial charge on any atom is -0.361 e. The molecule has 2 aromatic carbocycles. The van der Waals surface area contributed by atoms with Crippen LogP contribution < -0.4 is 0 Å². The van der Waals surface area contributed by atoms with Crippen molar-refractivity contribution in [2.45, 2.75) is 5.92 Å².